The van der Waals surface area contributed by atoms with Crippen molar-refractivity contribution in [3.63, 3.8) is 0 Å². The van der Waals surface area contributed by atoms with Crippen molar-refractivity contribution < 1.29 is 9.59 Å². The molecule has 2 amide bonds. The van der Waals surface area contributed by atoms with Gasteiger partial charge in [0, 0.05) is 25.6 Å². The molecule has 1 aromatic rings. The van der Waals surface area contributed by atoms with Gasteiger partial charge >= 0.3 is 0 Å². The van der Waals surface area contributed by atoms with Crippen LogP contribution in [0.4, 0.5) is 0 Å². The number of rotatable bonds is 6. The highest BCUT2D eigenvalue weighted by Crippen LogP contribution is 2.36. The Kier molecular flexibility index (Phi) is 6.05. The average Bonchev–Trinajstić information content (AvgIpc) is 2.57. The fraction of sp³-hybridized carbons (Fsp3) is 0.650. The van der Waals surface area contributed by atoms with Crippen molar-refractivity contribution in [1.29, 1.82) is 0 Å². The highest BCUT2D eigenvalue weighted by Gasteiger charge is 2.31. The van der Waals surface area contributed by atoms with E-state index < -0.39 is 0 Å². The zero-order chi connectivity index (χ0) is 17.6. The molecular weight excluding hydrogens is 314 g/mol. The predicted octanol–water partition coefficient (Wildman–Crippen LogP) is 2.98. The topological polar surface area (TPSA) is 71.1 Å². The van der Waals surface area contributed by atoms with Crippen molar-refractivity contribution in [1.82, 2.24) is 15.6 Å². The molecule has 3 rings (SSSR count). The molecule has 1 aromatic heterocycles. The van der Waals surface area contributed by atoms with Gasteiger partial charge in [-0.15, -0.1) is 0 Å². The standard InChI is InChI=1S/C20H29N3O2/c1-14(24)23-19(18-7-2-3-12-21-18)16-10-8-15(9-11-16)13-22-20(25)17-5-4-6-17/h2-3,7,12,15-17,19H,4-6,8-11,13H2,1H3,(H,22,25)(H,23,24)/t15?,16?,19-/m1/s1. The van der Waals surface area contributed by atoms with Crippen molar-refractivity contribution in [3.05, 3.63) is 30.1 Å². The molecule has 0 saturated heterocycles. The normalized spacial score (nSPS) is 24.8. The number of nitrogens with zero attached hydrogens (tertiary/aromatic N) is 1. The lowest BCUT2D eigenvalue weighted by Crippen LogP contribution is -2.39. The number of hydrogen-bond donors (Lipinski definition) is 2. The van der Waals surface area contributed by atoms with Crippen LogP contribution in [0.25, 0.3) is 0 Å². The van der Waals surface area contributed by atoms with Gasteiger partial charge in [-0.05, 0) is 62.5 Å². The summed E-state index contributed by atoms with van der Waals surface area (Å²) in [6.07, 6.45) is 9.41. The minimum atomic E-state index is -0.00998. The molecule has 1 heterocycles. The van der Waals surface area contributed by atoms with Crippen LogP contribution in [0.3, 0.4) is 0 Å². The summed E-state index contributed by atoms with van der Waals surface area (Å²) in [6.45, 7) is 2.37. The molecule has 0 spiro atoms. The third-order valence-electron chi connectivity index (χ3n) is 5.77. The lowest BCUT2D eigenvalue weighted by Gasteiger charge is -2.34. The first kappa shape index (κ1) is 17.9. The van der Waals surface area contributed by atoms with E-state index in [1.807, 2.05) is 18.2 Å². The summed E-state index contributed by atoms with van der Waals surface area (Å²) in [4.78, 5) is 28.1. The average molecular weight is 343 g/mol. The first-order valence-electron chi connectivity index (χ1n) is 9.59. The largest absolute Gasteiger partial charge is 0.356 e. The molecule has 2 aliphatic carbocycles. The molecule has 5 heteroatoms. The Hall–Kier alpha value is -1.91. The van der Waals surface area contributed by atoms with Crippen molar-refractivity contribution >= 4 is 11.8 Å². The third kappa shape index (κ3) is 4.80. The van der Waals surface area contributed by atoms with Crippen LogP contribution in [0, 0.1) is 17.8 Å². The maximum Gasteiger partial charge on any atom is 0.223 e. The number of carbonyl (C=O) groups is 2. The minimum absolute atomic E-state index is 0.00876. The number of amides is 2. The van der Waals surface area contributed by atoms with Crippen LogP contribution in [0.15, 0.2) is 24.4 Å². The van der Waals surface area contributed by atoms with Crippen LogP contribution in [0.2, 0.25) is 0 Å². The van der Waals surface area contributed by atoms with E-state index in [0.717, 1.165) is 50.8 Å². The smallest absolute Gasteiger partial charge is 0.223 e. The van der Waals surface area contributed by atoms with Gasteiger partial charge in [0.1, 0.15) is 0 Å². The summed E-state index contributed by atoms with van der Waals surface area (Å²) in [5, 5.41) is 6.23. The number of pyridine rings is 1. The van der Waals surface area contributed by atoms with E-state index in [9.17, 15) is 9.59 Å². The molecule has 0 bridgehead atoms. The first-order valence-corrected chi connectivity index (χ1v) is 9.59. The second kappa shape index (κ2) is 8.45. The zero-order valence-corrected chi connectivity index (χ0v) is 15.0. The Morgan fingerprint density at radius 3 is 2.48 bits per heavy atom. The number of hydrogen-bond acceptors (Lipinski definition) is 3. The fourth-order valence-corrected chi connectivity index (χ4v) is 4.00. The van der Waals surface area contributed by atoms with E-state index in [0.29, 0.717) is 11.8 Å². The monoisotopic (exact) mass is 343 g/mol. The Morgan fingerprint density at radius 2 is 1.92 bits per heavy atom. The molecule has 0 aliphatic heterocycles. The van der Waals surface area contributed by atoms with Gasteiger partial charge in [-0.3, -0.25) is 14.6 Å². The summed E-state index contributed by atoms with van der Waals surface area (Å²) in [6, 6.07) is 5.85. The van der Waals surface area contributed by atoms with Crippen molar-refractivity contribution in [3.8, 4) is 0 Å². The Labute approximate surface area is 150 Å². The summed E-state index contributed by atoms with van der Waals surface area (Å²) >= 11 is 0. The summed E-state index contributed by atoms with van der Waals surface area (Å²) < 4.78 is 0. The molecule has 5 nitrogen and oxygen atoms in total. The molecule has 2 fully saturated rings. The molecule has 2 aliphatic rings. The highest BCUT2D eigenvalue weighted by molar-refractivity contribution is 5.79. The lowest BCUT2D eigenvalue weighted by atomic mass is 9.77. The van der Waals surface area contributed by atoms with E-state index >= 15 is 0 Å². The quantitative estimate of drug-likeness (QED) is 0.834. The van der Waals surface area contributed by atoms with Crippen LogP contribution >= 0.6 is 0 Å². The Morgan fingerprint density at radius 1 is 1.16 bits per heavy atom. The molecule has 0 radical (unpaired) electrons. The van der Waals surface area contributed by atoms with Crippen LogP contribution in [0.1, 0.15) is 63.6 Å². The van der Waals surface area contributed by atoms with Gasteiger partial charge in [0.2, 0.25) is 11.8 Å². The van der Waals surface area contributed by atoms with E-state index in [2.05, 4.69) is 15.6 Å². The number of aromatic nitrogens is 1. The highest BCUT2D eigenvalue weighted by atomic mass is 16.2. The van der Waals surface area contributed by atoms with Gasteiger partial charge in [0.15, 0.2) is 0 Å². The predicted molar refractivity (Wildman–Crippen MR) is 96.6 cm³/mol. The molecule has 2 N–H and O–H groups in total. The molecular formula is C20H29N3O2. The molecule has 0 unspecified atom stereocenters. The van der Waals surface area contributed by atoms with Crippen LogP contribution in [-0.2, 0) is 9.59 Å². The Balaban J connectivity index is 1.50. The van der Waals surface area contributed by atoms with Gasteiger partial charge in [-0.1, -0.05) is 12.5 Å². The minimum Gasteiger partial charge on any atom is -0.356 e. The second-order valence-electron chi connectivity index (χ2n) is 7.59. The van der Waals surface area contributed by atoms with Gasteiger partial charge in [-0.2, -0.15) is 0 Å². The maximum absolute atomic E-state index is 12.0. The second-order valence-corrected chi connectivity index (χ2v) is 7.59. The maximum atomic E-state index is 12.0. The summed E-state index contributed by atoms with van der Waals surface area (Å²) in [5.41, 5.74) is 0.944. The molecule has 2 saturated carbocycles. The molecule has 25 heavy (non-hydrogen) atoms. The molecule has 0 aromatic carbocycles. The van der Waals surface area contributed by atoms with E-state index in [1.54, 1.807) is 13.1 Å². The van der Waals surface area contributed by atoms with Crippen molar-refractivity contribution in [2.24, 2.45) is 17.8 Å². The SMILES string of the molecule is CC(=O)N[C@@H](c1ccccn1)C1CCC(CNC(=O)C2CCC2)CC1. The molecule has 1 atom stereocenters. The molecule has 136 valence electrons. The Bertz CT molecular complexity index is 578. The lowest BCUT2D eigenvalue weighted by molar-refractivity contribution is -0.127. The van der Waals surface area contributed by atoms with Crippen LogP contribution in [0.5, 0.6) is 0 Å². The van der Waals surface area contributed by atoms with E-state index in [1.165, 1.54) is 6.42 Å². The van der Waals surface area contributed by atoms with Gasteiger partial charge in [0.05, 0.1) is 11.7 Å². The third-order valence-corrected chi connectivity index (χ3v) is 5.77. The fourth-order valence-electron chi connectivity index (χ4n) is 4.00. The number of nitrogens with one attached hydrogen (secondary N) is 2. The van der Waals surface area contributed by atoms with Crippen LogP contribution < -0.4 is 10.6 Å². The van der Waals surface area contributed by atoms with Gasteiger partial charge in [-0.25, -0.2) is 0 Å². The van der Waals surface area contributed by atoms with Gasteiger partial charge in [0.25, 0.3) is 0 Å². The first-order chi connectivity index (χ1) is 12.1. The van der Waals surface area contributed by atoms with Crippen molar-refractivity contribution in [2.45, 2.75) is 57.9 Å². The number of carbonyl (C=O) groups excluding carboxylic acids is 2. The van der Waals surface area contributed by atoms with E-state index in [-0.39, 0.29) is 23.8 Å². The van der Waals surface area contributed by atoms with Crippen LogP contribution in [-0.4, -0.2) is 23.3 Å². The van der Waals surface area contributed by atoms with Gasteiger partial charge < -0.3 is 10.6 Å². The summed E-state index contributed by atoms with van der Waals surface area (Å²) in [7, 11) is 0. The van der Waals surface area contributed by atoms with Crippen molar-refractivity contribution in [2.75, 3.05) is 6.54 Å². The summed E-state index contributed by atoms with van der Waals surface area (Å²) in [5.74, 6) is 1.48. The zero-order valence-electron chi connectivity index (χ0n) is 15.0. The van der Waals surface area contributed by atoms with E-state index in [4.69, 9.17) is 0 Å².